The van der Waals surface area contributed by atoms with Crippen LogP contribution >= 0.6 is 11.6 Å². The fraction of sp³-hybridized carbons (Fsp3) is 0.136. The highest BCUT2D eigenvalue weighted by Crippen LogP contribution is 2.20. The van der Waals surface area contributed by atoms with Gasteiger partial charge in [-0.1, -0.05) is 48.0 Å². The van der Waals surface area contributed by atoms with Crippen LogP contribution in [0.2, 0.25) is 5.02 Å². The van der Waals surface area contributed by atoms with E-state index < -0.39 is 0 Å². The van der Waals surface area contributed by atoms with Crippen LogP contribution in [0.25, 0.3) is 0 Å². The van der Waals surface area contributed by atoms with Crippen molar-refractivity contribution in [1.82, 2.24) is 10.3 Å². The van der Waals surface area contributed by atoms with E-state index >= 15 is 0 Å². The third-order valence-electron chi connectivity index (χ3n) is 4.19. The number of pyridine rings is 1. The second kappa shape index (κ2) is 9.15. The van der Waals surface area contributed by atoms with Crippen molar-refractivity contribution in [3.63, 3.8) is 0 Å². The summed E-state index contributed by atoms with van der Waals surface area (Å²) in [6, 6.07) is 19.9. The molecule has 2 N–H and O–H groups in total. The molecule has 5 nitrogen and oxygen atoms in total. The Morgan fingerprint density at radius 1 is 0.929 bits per heavy atom. The molecule has 0 atom stereocenters. The average molecular weight is 394 g/mol. The number of aromatic nitrogens is 1. The molecule has 6 heteroatoms. The molecular formula is C22H20ClN3O2. The second-order valence-electron chi connectivity index (χ2n) is 6.31. The van der Waals surface area contributed by atoms with Gasteiger partial charge in [0.1, 0.15) is 11.4 Å². The maximum Gasteiger partial charge on any atom is 0.274 e. The number of benzene rings is 2. The van der Waals surface area contributed by atoms with Gasteiger partial charge in [0, 0.05) is 17.3 Å². The van der Waals surface area contributed by atoms with Crippen LogP contribution in [0.1, 0.15) is 32.1 Å². The van der Waals surface area contributed by atoms with Crippen molar-refractivity contribution in [2.45, 2.75) is 13.3 Å². The Kier molecular flexibility index (Phi) is 6.40. The summed E-state index contributed by atoms with van der Waals surface area (Å²) in [5.74, 6) is -0.697. The van der Waals surface area contributed by atoms with E-state index in [0.29, 0.717) is 17.3 Å². The Hall–Kier alpha value is -3.18. The predicted octanol–water partition coefficient (Wildman–Crippen LogP) is 4.27. The molecule has 1 aromatic heterocycles. The number of carbonyl (C=O) groups is 2. The van der Waals surface area contributed by atoms with E-state index in [1.54, 1.807) is 36.4 Å². The number of carbonyl (C=O) groups excluding carboxylic acids is 2. The van der Waals surface area contributed by atoms with Crippen molar-refractivity contribution in [1.29, 1.82) is 0 Å². The highest BCUT2D eigenvalue weighted by Gasteiger charge is 2.13. The third-order valence-corrected chi connectivity index (χ3v) is 4.43. The Morgan fingerprint density at radius 3 is 2.36 bits per heavy atom. The molecule has 0 aliphatic heterocycles. The first kappa shape index (κ1) is 19.6. The van der Waals surface area contributed by atoms with Gasteiger partial charge in [0.15, 0.2) is 0 Å². The number of nitrogens with zero attached hydrogens (tertiary/aromatic N) is 1. The van der Waals surface area contributed by atoms with Crippen LogP contribution < -0.4 is 10.6 Å². The van der Waals surface area contributed by atoms with E-state index in [4.69, 9.17) is 11.6 Å². The van der Waals surface area contributed by atoms with Crippen LogP contribution in [0.5, 0.6) is 0 Å². The van der Waals surface area contributed by atoms with Crippen molar-refractivity contribution < 1.29 is 9.59 Å². The van der Waals surface area contributed by atoms with E-state index in [-0.39, 0.29) is 23.2 Å². The van der Waals surface area contributed by atoms with E-state index in [9.17, 15) is 9.59 Å². The van der Waals surface area contributed by atoms with E-state index in [1.165, 1.54) is 0 Å². The zero-order chi connectivity index (χ0) is 19.9. The molecule has 28 heavy (non-hydrogen) atoms. The number of hydrogen-bond acceptors (Lipinski definition) is 3. The maximum absolute atomic E-state index is 12.5. The summed E-state index contributed by atoms with van der Waals surface area (Å²) in [5, 5.41) is 6.22. The van der Waals surface area contributed by atoms with E-state index in [1.807, 2.05) is 37.3 Å². The lowest BCUT2D eigenvalue weighted by molar-refractivity contribution is 0.0949. The van der Waals surface area contributed by atoms with Crippen LogP contribution in [-0.2, 0) is 6.42 Å². The standard InChI is InChI=1S/C22H20ClN3O2/c1-15-14-17(23)10-11-18(15)26-22(28)20-9-5-8-19(25-20)21(27)24-13-12-16-6-3-2-4-7-16/h2-11,14H,12-13H2,1H3,(H,24,27)(H,26,28). The quantitative estimate of drug-likeness (QED) is 0.657. The van der Waals surface area contributed by atoms with Gasteiger partial charge < -0.3 is 10.6 Å². The van der Waals surface area contributed by atoms with Crippen molar-refractivity contribution in [2.24, 2.45) is 0 Å². The molecule has 0 spiro atoms. The lowest BCUT2D eigenvalue weighted by Crippen LogP contribution is -2.27. The zero-order valence-corrected chi connectivity index (χ0v) is 16.2. The molecule has 0 aliphatic carbocycles. The van der Waals surface area contributed by atoms with Gasteiger partial charge in [0.2, 0.25) is 0 Å². The number of halogens is 1. The van der Waals surface area contributed by atoms with Crippen LogP contribution in [0, 0.1) is 6.92 Å². The monoisotopic (exact) mass is 393 g/mol. The zero-order valence-electron chi connectivity index (χ0n) is 15.4. The van der Waals surface area contributed by atoms with Gasteiger partial charge in [0.25, 0.3) is 11.8 Å². The van der Waals surface area contributed by atoms with Crippen molar-refractivity contribution in [3.05, 3.63) is 94.3 Å². The first-order chi connectivity index (χ1) is 13.5. The number of aryl methyl sites for hydroxylation is 1. The van der Waals surface area contributed by atoms with E-state index in [2.05, 4.69) is 15.6 Å². The molecular weight excluding hydrogens is 374 g/mol. The minimum Gasteiger partial charge on any atom is -0.350 e. The Balaban J connectivity index is 1.62. The molecule has 0 radical (unpaired) electrons. The lowest BCUT2D eigenvalue weighted by Gasteiger charge is -2.09. The Bertz CT molecular complexity index is 990. The molecule has 0 bridgehead atoms. The Morgan fingerprint density at radius 2 is 1.64 bits per heavy atom. The highest BCUT2D eigenvalue weighted by atomic mass is 35.5. The maximum atomic E-state index is 12.5. The molecule has 142 valence electrons. The molecule has 0 unspecified atom stereocenters. The van der Waals surface area contributed by atoms with E-state index in [0.717, 1.165) is 17.5 Å². The summed E-state index contributed by atoms with van der Waals surface area (Å²) in [7, 11) is 0. The number of rotatable bonds is 6. The lowest BCUT2D eigenvalue weighted by atomic mass is 10.1. The summed E-state index contributed by atoms with van der Waals surface area (Å²) in [4.78, 5) is 29.0. The average Bonchev–Trinajstić information content (AvgIpc) is 2.71. The smallest absolute Gasteiger partial charge is 0.274 e. The molecule has 1 heterocycles. The number of anilines is 1. The fourth-order valence-corrected chi connectivity index (χ4v) is 2.92. The molecule has 3 aromatic rings. The summed E-state index contributed by atoms with van der Waals surface area (Å²) in [6.45, 7) is 2.34. The van der Waals surface area contributed by atoms with Gasteiger partial charge in [-0.05, 0) is 54.8 Å². The summed E-state index contributed by atoms with van der Waals surface area (Å²) < 4.78 is 0. The highest BCUT2D eigenvalue weighted by molar-refractivity contribution is 6.30. The van der Waals surface area contributed by atoms with Gasteiger partial charge in [-0.3, -0.25) is 9.59 Å². The summed E-state index contributed by atoms with van der Waals surface area (Å²) in [6.07, 6.45) is 0.725. The van der Waals surface area contributed by atoms with Gasteiger partial charge in [-0.2, -0.15) is 0 Å². The predicted molar refractivity (Wildman–Crippen MR) is 111 cm³/mol. The molecule has 3 rings (SSSR count). The van der Waals surface area contributed by atoms with Crippen LogP contribution in [0.3, 0.4) is 0 Å². The van der Waals surface area contributed by atoms with Gasteiger partial charge >= 0.3 is 0 Å². The summed E-state index contributed by atoms with van der Waals surface area (Å²) >= 11 is 5.94. The van der Waals surface area contributed by atoms with Crippen molar-refractivity contribution >= 4 is 29.1 Å². The van der Waals surface area contributed by atoms with Crippen molar-refractivity contribution in [2.75, 3.05) is 11.9 Å². The molecule has 0 saturated heterocycles. The number of hydrogen-bond donors (Lipinski definition) is 2. The van der Waals surface area contributed by atoms with Crippen LogP contribution in [0.15, 0.2) is 66.7 Å². The molecule has 0 saturated carbocycles. The first-order valence-corrected chi connectivity index (χ1v) is 9.27. The van der Waals surface area contributed by atoms with Gasteiger partial charge in [-0.25, -0.2) is 4.98 Å². The normalized spacial score (nSPS) is 10.4. The molecule has 2 amide bonds. The molecule has 0 fully saturated rings. The molecule has 2 aromatic carbocycles. The van der Waals surface area contributed by atoms with Crippen LogP contribution in [0.4, 0.5) is 5.69 Å². The van der Waals surface area contributed by atoms with Crippen LogP contribution in [-0.4, -0.2) is 23.3 Å². The topological polar surface area (TPSA) is 71.1 Å². The Labute approximate surface area is 168 Å². The molecule has 0 aliphatic rings. The number of amides is 2. The summed E-state index contributed by atoms with van der Waals surface area (Å²) in [5.41, 5.74) is 3.00. The SMILES string of the molecule is Cc1cc(Cl)ccc1NC(=O)c1cccc(C(=O)NCCc2ccccc2)n1. The van der Waals surface area contributed by atoms with Gasteiger partial charge in [-0.15, -0.1) is 0 Å². The number of nitrogens with one attached hydrogen (secondary N) is 2. The minimum atomic E-state index is -0.385. The van der Waals surface area contributed by atoms with Gasteiger partial charge in [0.05, 0.1) is 0 Å². The second-order valence-corrected chi connectivity index (χ2v) is 6.75. The first-order valence-electron chi connectivity index (χ1n) is 8.89. The fourth-order valence-electron chi connectivity index (χ4n) is 2.70. The minimum absolute atomic E-state index is 0.171. The third kappa shape index (κ3) is 5.18. The van der Waals surface area contributed by atoms with Crippen molar-refractivity contribution in [3.8, 4) is 0 Å². The largest absolute Gasteiger partial charge is 0.350 e.